The Labute approximate surface area is 105 Å². The Balaban J connectivity index is 2.83. The van der Waals surface area contributed by atoms with E-state index in [0.29, 0.717) is 24.4 Å². The highest BCUT2D eigenvalue weighted by Gasteiger charge is 2.15. The Morgan fingerprint density at radius 3 is 2.78 bits per heavy atom. The number of ketones is 1. The van der Waals surface area contributed by atoms with Gasteiger partial charge in [-0.15, -0.1) is 0 Å². The van der Waals surface area contributed by atoms with E-state index in [1.165, 1.54) is 13.0 Å². The van der Waals surface area contributed by atoms with Gasteiger partial charge in [-0.3, -0.25) is 14.9 Å². The zero-order valence-electron chi connectivity index (χ0n) is 10.4. The van der Waals surface area contributed by atoms with Gasteiger partial charge in [-0.1, -0.05) is 0 Å². The van der Waals surface area contributed by atoms with E-state index in [9.17, 15) is 14.9 Å². The summed E-state index contributed by atoms with van der Waals surface area (Å²) in [6, 6.07) is 4.43. The number of nitrogens with one attached hydrogen (secondary N) is 1. The third-order valence-corrected chi connectivity index (χ3v) is 2.44. The van der Waals surface area contributed by atoms with Gasteiger partial charge in [0.2, 0.25) is 0 Å². The number of anilines is 1. The van der Waals surface area contributed by atoms with E-state index in [4.69, 9.17) is 4.74 Å². The lowest BCUT2D eigenvalue weighted by Gasteiger charge is -2.07. The maximum absolute atomic E-state index is 11.2. The fraction of sp³-hybridized carbons (Fsp3) is 0.417. The molecule has 0 fully saturated rings. The lowest BCUT2D eigenvalue weighted by atomic mass is 10.1. The second-order valence-electron chi connectivity index (χ2n) is 3.82. The molecule has 0 aromatic heterocycles. The number of hydrogen-bond acceptors (Lipinski definition) is 5. The second kappa shape index (κ2) is 6.70. The molecule has 0 amide bonds. The predicted octanol–water partition coefficient (Wildman–Crippen LogP) is 2.25. The van der Waals surface area contributed by atoms with Crippen molar-refractivity contribution >= 4 is 17.2 Å². The van der Waals surface area contributed by atoms with E-state index in [0.717, 1.165) is 6.42 Å². The van der Waals surface area contributed by atoms with Crippen LogP contribution in [0.4, 0.5) is 11.4 Å². The topological polar surface area (TPSA) is 81.5 Å². The Morgan fingerprint density at radius 1 is 1.50 bits per heavy atom. The number of carbonyl (C=O) groups excluding carboxylic acids is 1. The SMILES string of the molecule is COCCCNc1ccc(C(C)=O)cc1[N+](=O)[O-]. The van der Waals surface area contributed by atoms with Crippen molar-refractivity contribution in [3.05, 3.63) is 33.9 Å². The van der Waals surface area contributed by atoms with Gasteiger partial charge in [0.15, 0.2) is 5.78 Å². The minimum absolute atomic E-state index is 0.0832. The molecule has 1 rings (SSSR count). The zero-order valence-corrected chi connectivity index (χ0v) is 10.4. The molecule has 1 N–H and O–H groups in total. The number of ether oxygens (including phenoxy) is 1. The van der Waals surface area contributed by atoms with E-state index in [1.807, 2.05) is 0 Å². The van der Waals surface area contributed by atoms with Gasteiger partial charge >= 0.3 is 0 Å². The second-order valence-corrected chi connectivity index (χ2v) is 3.82. The number of rotatable bonds is 7. The van der Waals surface area contributed by atoms with E-state index in [1.54, 1.807) is 19.2 Å². The van der Waals surface area contributed by atoms with Gasteiger partial charge in [0.1, 0.15) is 5.69 Å². The Hall–Kier alpha value is -1.95. The predicted molar refractivity (Wildman–Crippen MR) is 68.1 cm³/mol. The quantitative estimate of drug-likeness (QED) is 0.348. The van der Waals surface area contributed by atoms with Crippen LogP contribution in [-0.2, 0) is 4.74 Å². The number of nitro groups is 1. The number of nitrogens with zero attached hydrogens (tertiary/aromatic N) is 1. The molecular formula is C12H16N2O4. The smallest absolute Gasteiger partial charge is 0.293 e. The maximum atomic E-state index is 11.2. The van der Waals surface area contributed by atoms with Crippen LogP contribution in [0.1, 0.15) is 23.7 Å². The van der Waals surface area contributed by atoms with Crippen molar-refractivity contribution in [2.75, 3.05) is 25.6 Å². The number of methoxy groups -OCH3 is 1. The van der Waals surface area contributed by atoms with Gasteiger partial charge in [0.05, 0.1) is 4.92 Å². The molecule has 98 valence electrons. The molecule has 6 nitrogen and oxygen atoms in total. The molecule has 0 bridgehead atoms. The van der Waals surface area contributed by atoms with E-state index >= 15 is 0 Å². The first-order valence-electron chi connectivity index (χ1n) is 5.58. The van der Waals surface area contributed by atoms with Crippen LogP contribution in [0.25, 0.3) is 0 Å². The third kappa shape index (κ3) is 3.81. The van der Waals surface area contributed by atoms with E-state index < -0.39 is 4.92 Å². The molecule has 6 heteroatoms. The highest BCUT2D eigenvalue weighted by molar-refractivity contribution is 5.95. The zero-order chi connectivity index (χ0) is 13.5. The molecule has 0 atom stereocenters. The Bertz CT molecular complexity index is 446. The highest BCUT2D eigenvalue weighted by atomic mass is 16.6. The molecular weight excluding hydrogens is 236 g/mol. The van der Waals surface area contributed by atoms with Crippen LogP contribution in [0.2, 0.25) is 0 Å². The number of benzene rings is 1. The van der Waals surface area contributed by atoms with Gasteiger partial charge in [0, 0.05) is 31.9 Å². The fourth-order valence-corrected chi connectivity index (χ4v) is 1.49. The van der Waals surface area contributed by atoms with Gasteiger partial charge in [0.25, 0.3) is 5.69 Å². The van der Waals surface area contributed by atoms with Crippen LogP contribution in [0.15, 0.2) is 18.2 Å². The largest absolute Gasteiger partial charge is 0.385 e. The van der Waals surface area contributed by atoms with Crippen LogP contribution < -0.4 is 5.32 Å². The Morgan fingerprint density at radius 2 is 2.22 bits per heavy atom. The Kier molecular flexibility index (Phi) is 5.26. The summed E-state index contributed by atoms with van der Waals surface area (Å²) in [4.78, 5) is 21.6. The molecule has 0 spiro atoms. The van der Waals surface area contributed by atoms with Crippen molar-refractivity contribution in [3.8, 4) is 0 Å². The lowest BCUT2D eigenvalue weighted by Crippen LogP contribution is -2.07. The number of hydrogen-bond donors (Lipinski definition) is 1. The number of Topliss-reactive ketones (excluding diaryl/α,β-unsaturated/α-hetero) is 1. The fourth-order valence-electron chi connectivity index (χ4n) is 1.49. The van der Waals surface area contributed by atoms with Crippen molar-refractivity contribution in [1.82, 2.24) is 0 Å². The normalized spacial score (nSPS) is 10.1. The van der Waals surface area contributed by atoms with Crippen LogP contribution in [0, 0.1) is 10.1 Å². The van der Waals surface area contributed by atoms with Crippen molar-refractivity contribution in [2.24, 2.45) is 0 Å². The first-order chi connectivity index (χ1) is 8.56. The van der Waals surface area contributed by atoms with Crippen LogP contribution in [0.3, 0.4) is 0 Å². The van der Waals surface area contributed by atoms with Crippen molar-refractivity contribution in [3.63, 3.8) is 0 Å². The maximum Gasteiger partial charge on any atom is 0.293 e. The minimum Gasteiger partial charge on any atom is -0.385 e. The molecule has 0 aliphatic heterocycles. The highest BCUT2D eigenvalue weighted by Crippen LogP contribution is 2.25. The molecule has 0 heterocycles. The van der Waals surface area contributed by atoms with Crippen LogP contribution in [0.5, 0.6) is 0 Å². The van der Waals surface area contributed by atoms with Gasteiger partial charge in [-0.25, -0.2) is 0 Å². The number of carbonyl (C=O) groups is 1. The summed E-state index contributed by atoms with van der Waals surface area (Å²) in [5.41, 5.74) is 0.672. The molecule has 0 radical (unpaired) electrons. The van der Waals surface area contributed by atoms with Crippen molar-refractivity contribution in [1.29, 1.82) is 0 Å². The van der Waals surface area contributed by atoms with Gasteiger partial charge in [-0.05, 0) is 25.5 Å². The summed E-state index contributed by atoms with van der Waals surface area (Å²) in [6.07, 6.45) is 0.752. The van der Waals surface area contributed by atoms with Crippen molar-refractivity contribution in [2.45, 2.75) is 13.3 Å². The van der Waals surface area contributed by atoms with Gasteiger partial charge in [-0.2, -0.15) is 0 Å². The summed E-state index contributed by atoms with van der Waals surface area (Å²) >= 11 is 0. The minimum atomic E-state index is -0.495. The summed E-state index contributed by atoms with van der Waals surface area (Å²) < 4.78 is 4.89. The average molecular weight is 252 g/mol. The molecule has 1 aromatic carbocycles. The van der Waals surface area contributed by atoms with Crippen molar-refractivity contribution < 1.29 is 14.5 Å². The standard InChI is InChI=1S/C12H16N2O4/c1-9(15)10-4-5-11(12(8-10)14(16)17)13-6-3-7-18-2/h4-5,8,13H,3,6-7H2,1-2H3. The third-order valence-electron chi connectivity index (χ3n) is 2.44. The molecule has 0 unspecified atom stereocenters. The number of nitro benzene ring substituents is 1. The molecule has 0 saturated heterocycles. The summed E-state index contributed by atoms with van der Waals surface area (Å²) in [7, 11) is 1.60. The summed E-state index contributed by atoms with van der Waals surface area (Å²) in [5.74, 6) is -0.191. The van der Waals surface area contributed by atoms with E-state index in [2.05, 4.69) is 5.32 Å². The first-order valence-corrected chi connectivity index (χ1v) is 5.58. The molecule has 1 aromatic rings. The first kappa shape index (κ1) is 14.1. The molecule has 0 aliphatic rings. The molecule has 18 heavy (non-hydrogen) atoms. The molecule has 0 saturated carbocycles. The van der Waals surface area contributed by atoms with Gasteiger partial charge < -0.3 is 10.1 Å². The van der Waals surface area contributed by atoms with E-state index in [-0.39, 0.29) is 11.5 Å². The lowest BCUT2D eigenvalue weighted by molar-refractivity contribution is -0.384. The summed E-state index contributed by atoms with van der Waals surface area (Å²) in [6.45, 7) is 2.55. The van der Waals surface area contributed by atoms with Crippen LogP contribution in [-0.4, -0.2) is 31.0 Å². The monoisotopic (exact) mass is 252 g/mol. The van der Waals surface area contributed by atoms with Crippen LogP contribution >= 0.6 is 0 Å². The average Bonchev–Trinajstić information content (AvgIpc) is 2.34. The summed E-state index contributed by atoms with van der Waals surface area (Å²) in [5, 5.41) is 13.9. The molecule has 0 aliphatic carbocycles.